The van der Waals surface area contributed by atoms with Gasteiger partial charge in [0.05, 0.1) is 26.4 Å². The Morgan fingerprint density at radius 3 is 0.760 bits per heavy atom. The number of phosphoric acid groups is 2. The minimum absolute atomic E-state index is 0.108. The van der Waals surface area contributed by atoms with Crippen molar-refractivity contribution in [2.45, 2.75) is 445 Å². The third-order valence-corrected chi connectivity index (χ3v) is 21.2. The summed E-state index contributed by atoms with van der Waals surface area (Å²) < 4.78 is 68.7. The quantitative estimate of drug-likeness (QED) is 0.0222. The van der Waals surface area contributed by atoms with Gasteiger partial charge in [0.15, 0.2) is 12.2 Å². The molecule has 0 heterocycles. The van der Waals surface area contributed by atoms with Crippen molar-refractivity contribution in [3.63, 3.8) is 0 Å². The lowest BCUT2D eigenvalue weighted by atomic mass is 9.99. The number of aliphatic hydroxyl groups excluding tert-OH is 1. The van der Waals surface area contributed by atoms with Crippen LogP contribution in [-0.4, -0.2) is 96.7 Å². The van der Waals surface area contributed by atoms with Gasteiger partial charge in [0.25, 0.3) is 0 Å². The molecule has 0 aliphatic rings. The Hall–Kier alpha value is -1.94. The Kier molecular flexibility index (Phi) is 71.2. The number of hydrogen-bond donors (Lipinski definition) is 3. The minimum Gasteiger partial charge on any atom is -0.462 e. The number of unbranched alkanes of at least 4 members (excludes halogenated alkanes) is 49. The first-order valence-corrected chi connectivity index (χ1v) is 45.0. The van der Waals surface area contributed by atoms with E-state index in [9.17, 15) is 43.2 Å². The van der Waals surface area contributed by atoms with Gasteiger partial charge in [-0.3, -0.25) is 37.3 Å². The maximum absolute atomic E-state index is 13.1. The molecule has 19 heteroatoms. The van der Waals surface area contributed by atoms with E-state index in [0.717, 1.165) is 102 Å². The molecule has 3 N–H and O–H groups in total. The van der Waals surface area contributed by atoms with Gasteiger partial charge in [0.1, 0.15) is 19.3 Å². The molecule has 594 valence electrons. The lowest BCUT2D eigenvalue weighted by molar-refractivity contribution is -0.161. The average Bonchev–Trinajstić information content (AvgIpc) is 1.04. The normalized spacial score (nSPS) is 14.2. The highest BCUT2D eigenvalue weighted by atomic mass is 31.2. The maximum Gasteiger partial charge on any atom is 0.472 e. The van der Waals surface area contributed by atoms with Crippen molar-refractivity contribution in [3.8, 4) is 0 Å². The number of rotatable bonds is 80. The number of phosphoric ester groups is 2. The SMILES string of the molecule is CCCCCCCCCCCCCCCC(=O)O[C@H](COC(=O)CCCCCCCCCCCC)COP(=O)(O)OC[C@H](O)COP(=O)(O)OC[C@@H](COC(=O)CCCCCCCCCCCCCCCCC(C)CC)OC(=O)CCCCCCCCCCCCCCCCCCC(C)C. The van der Waals surface area contributed by atoms with Crippen LogP contribution in [0.2, 0.25) is 0 Å². The summed E-state index contributed by atoms with van der Waals surface area (Å²) in [6, 6.07) is 0. The molecule has 0 amide bonds. The van der Waals surface area contributed by atoms with Crippen LogP contribution >= 0.6 is 15.6 Å². The molecule has 0 aliphatic heterocycles. The van der Waals surface area contributed by atoms with Gasteiger partial charge in [-0.1, -0.05) is 375 Å². The van der Waals surface area contributed by atoms with Crippen molar-refractivity contribution in [1.29, 1.82) is 0 Å². The zero-order valence-corrected chi connectivity index (χ0v) is 67.3. The molecular weight excluding hydrogens is 1310 g/mol. The van der Waals surface area contributed by atoms with E-state index in [1.807, 2.05) is 0 Å². The molecule has 0 rings (SSSR count). The van der Waals surface area contributed by atoms with E-state index in [1.165, 1.54) is 244 Å². The van der Waals surface area contributed by atoms with Crippen molar-refractivity contribution < 1.29 is 80.2 Å². The van der Waals surface area contributed by atoms with Crippen LogP contribution < -0.4 is 0 Å². The fourth-order valence-electron chi connectivity index (χ4n) is 12.5. The fraction of sp³-hybridized carbons (Fsp3) is 0.951. The molecule has 6 atom stereocenters. The van der Waals surface area contributed by atoms with Crippen LogP contribution in [0.15, 0.2) is 0 Å². The summed E-state index contributed by atoms with van der Waals surface area (Å²) in [7, 11) is -9.92. The second kappa shape index (κ2) is 72.6. The zero-order chi connectivity index (χ0) is 73.5. The molecule has 0 aromatic heterocycles. The molecule has 100 heavy (non-hydrogen) atoms. The summed E-state index contributed by atoms with van der Waals surface area (Å²) >= 11 is 0. The molecule has 0 aliphatic carbocycles. The first kappa shape index (κ1) is 98.1. The number of hydrogen-bond acceptors (Lipinski definition) is 15. The van der Waals surface area contributed by atoms with E-state index in [-0.39, 0.29) is 25.7 Å². The van der Waals surface area contributed by atoms with E-state index < -0.39 is 97.5 Å². The Bertz CT molecular complexity index is 1930. The third kappa shape index (κ3) is 73.0. The highest BCUT2D eigenvalue weighted by Gasteiger charge is 2.30. The number of ether oxygens (including phenoxy) is 4. The van der Waals surface area contributed by atoms with Crippen molar-refractivity contribution in [2.75, 3.05) is 39.6 Å². The highest BCUT2D eigenvalue weighted by Crippen LogP contribution is 2.45. The van der Waals surface area contributed by atoms with E-state index in [0.29, 0.717) is 25.7 Å². The van der Waals surface area contributed by atoms with E-state index in [1.54, 1.807) is 0 Å². The lowest BCUT2D eigenvalue weighted by Gasteiger charge is -2.21. The van der Waals surface area contributed by atoms with Gasteiger partial charge in [0, 0.05) is 25.7 Å². The third-order valence-electron chi connectivity index (χ3n) is 19.3. The Morgan fingerprint density at radius 1 is 0.290 bits per heavy atom. The molecule has 0 aromatic rings. The van der Waals surface area contributed by atoms with Crippen LogP contribution in [0, 0.1) is 11.8 Å². The van der Waals surface area contributed by atoms with E-state index >= 15 is 0 Å². The molecule has 0 radical (unpaired) electrons. The van der Waals surface area contributed by atoms with E-state index in [2.05, 4.69) is 41.5 Å². The second-order valence-corrected chi connectivity index (χ2v) is 32.8. The number of aliphatic hydroxyl groups is 1. The summed E-state index contributed by atoms with van der Waals surface area (Å²) in [6.45, 7) is 9.72. The molecule has 0 bridgehead atoms. The first-order valence-electron chi connectivity index (χ1n) is 42.0. The molecule has 17 nitrogen and oxygen atoms in total. The summed E-state index contributed by atoms with van der Waals surface area (Å²) in [4.78, 5) is 73.0. The molecule has 0 aromatic carbocycles. The molecule has 0 saturated heterocycles. The monoisotopic (exact) mass is 1470 g/mol. The predicted molar refractivity (Wildman–Crippen MR) is 409 cm³/mol. The maximum atomic E-state index is 13.1. The van der Waals surface area contributed by atoms with Crippen molar-refractivity contribution >= 4 is 39.5 Å². The first-order chi connectivity index (χ1) is 48.4. The summed E-state index contributed by atoms with van der Waals surface area (Å²) in [5.74, 6) is -0.448. The summed E-state index contributed by atoms with van der Waals surface area (Å²) in [5, 5.41) is 10.6. The Labute approximate surface area is 613 Å². The largest absolute Gasteiger partial charge is 0.472 e. The average molecular weight is 1470 g/mol. The number of carbonyl (C=O) groups excluding carboxylic acids is 4. The van der Waals surface area contributed by atoms with Crippen molar-refractivity contribution in [3.05, 3.63) is 0 Å². The molecule has 0 fully saturated rings. The highest BCUT2D eigenvalue weighted by molar-refractivity contribution is 7.47. The van der Waals surface area contributed by atoms with Crippen LogP contribution in [-0.2, 0) is 65.4 Å². The fourth-order valence-corrected chi connectivity index (χ4v) is 14.1. The summed E-state index contributed by atoms with van der Waals surface area (Å²) in [5.41, 5.74) is 0. The van der Waals surface area contributed by atoms with Crippen molar-refractivity contribution in [1.82, 2.24) is 0 Å². The van der Waals surface area contributed by atoms with Gasteiger partial charge in [-0.05, 0) is 37.5 Å². The summed E-state index contributed by atoms with van der Waals surface area (Å²) in [6.07, 6.45) is 62.3. The molecule has 3 unspecified atom stereocenters. The second-order valence-electron chi connectivity index (χ2n) is 29.9. The zero-order valence-electron chi connectivity index (χ0n) is 65.5. The number of carbonyl (C=O) groups is 4. The van der Waals surface area contributed by atoms with Gasteiger partial charge in [-0.2, -0.15) is 0 Å². The molecular formula is C81H158O17P2. The van der Waals surface area contributed by atoms with Gasteiger partial charge >= 0.3 is 39.5 Å². The van der Waals surface area contributed by atoms with Gasteiger partial charge < -0.3 is 33.8 Å². The number of esters is 4. The molecule has 0 spiro atoms. The van der Waals surface area contributed by atoms with Crippen LogP contribution in [0.5, 0.6) is 0 Å². The minimum atomic E-state index is -4.96. The lowest BCUT2D eigenvalue weighted by Crippen LogP contribution is -2.30. The van der Waals surface area contributed by atoms with E-state index in [4.69, 9.17) is 37.0 Å². The van der Waals surface area contributed by atoms with Crippen LogP contribution in [0.3, 0.4) is 0 Å². The van der Waals surface area contributed by atoms with Crippen LogP contribution in [0.25, 0.3) is 0 Å². The van der Waals surface area contributed by atoms with Crippen LogP contribution in [0.1, 0.15) is 427 Å². The van der Waals surface area contributed by atoms with Gasteiger partial charge in [-0.25, -0.2) is 9.13 Å². The smallest absolute Gasteiger partial charge is 0.462 e. The molecule has 0 saturated carbocycles. The topological polar surface area (TPSA) is 237 Å². The predicted octanol–water partition coefficient (Wildman–Crippen LogP) is 24.3. The van der Waals surface area contributed by atoms with Crippen molar-refractivity contribution in [2.24, 2.45) is 11.8 Å². The Balaban J connectivity index is 5.23. The Morgan fingerprint density at radius 2 is 0.510 bits per heavy atom. The van der Waals surface area contributed by atoms with Gasteiger partial charge in [-0.15, -0.1) is 0 Å². The van der Waals surface area contributed by atoms with Gasteiger partial charge in [0.2, 0.25) is 0 Å². The van der Waals surface area contributed by atoms with Crippen LogP contribution in [0.4, 0.5) is 0 Å². The standard InChI is InChI=1S/C81H158O17P2/c1-7-10-12-14-16-18-20-27-35-41-47-53-59-65-80(85)97-76(69-91-78(83)63-57-51-45-39-19-17-15-13-11-8-2)71-95-99(87,88)93-67-75(82)68-94-100(89,90)96-72-77(70-92-79(84)64-58-52-46-40-34-30-26-25-29-33-38-44-50-56-62-74(6)9-3)98-81(86)66-60-54-48-42-36-31-24-22-21-23-28-32-37-43-49-55-61-73(4)5/h73-77,82H,7-72H2,1-6H3,(H,87,88)(H,89,90)/t74?,75-,76+,77+/m0/s1.